The monoisotopic (exact) mass is 552 g/mol. The van der Waals surface area contributed by atoms with E-state index in [1.807, 2.05) is 48.5 Å². The van der Waals surface area contributed by atoms with Gasteiger partial charge in [0.15, 0.2) is 0 Å². The number of carbonyl (C=O) groups excluding carboxylic acids is 2. The molecule has 0 spiro atoms. The number of nitrogens with one attached hydrogen (secondary N) is 1. The van der Waals surface area contributed by atoms with Gasteiger partial charge in [-0.25, -0.2) is 9.78 Å². The Morgan fingerprint density at radius 1 is 1.03 bits per heavy atom. The molecule has 0 radical (unpaired) electrons. The zero-order valence-corrected chi connectivity index (χ0v) is 22.5. The first-order valence-corrected chi connectivity index (χ1v) is 12.8. The topological polar surface area (TPSA) is 119 Å². The number of ether oxygens (including phenoxy) is 2. The molecule has 0 bridgehead atoms. The predicted octanol–water partition coefficient (Wildman–Crippen LogP) is 5.75. The van der Waals surface area contributed by atoms with Crippen LogP contribution >= 0.6 is 23.7 Å². The highest BCUT2D eigenvalue weighted by molar-refractivity contribution is 7.18. The number of rotatable bonds is 10. The number of nitrogen functional groups attached to an aromatic ring is 1. The number of aromatic nitrogens is 1. The van der Waals surface area contributed by atoms with Gasteiger partial charge in [0.1, 0.15) is 11.6 Å². The first-order chi connectivity index (χ1) is 17.9. The molecule has 0 saturated carbocycles. The lowest BCUT2D eigenvalue weighted by Crippen LogP contribution is -2.35. The number of nitrogens with two attached hydrogens (primary N) is 1. The maximum absolute atomic E-state index is 13.1. The molecule has 0 saturated heterocycles. The van der Waals surface area contributed by atoms with Crippen molar-refractivity contribution in [2.45, 2.75) is 26.2 Å². The minimum Gasteiger partial charge on any atom is -0.466 e. The van der Waals surface area contributed by atoms with E-state index in [2.05, 4.69) is 0 Å². The molecule has 3 aromatic carbocycles. The fourth-order valence-electron chi connectivity index (χ4n) is 3.75. The van der Waals surface area contributed by atoms with Crippen LogP contribution in [0.15, 0.2) is 72.8 Å². The van der Waals surface area contributed by atoms with Gasteiger partial charge in [0.25, 0.3) is 0 Å². The molecular weight excluding hydrogens is 524 g/mol. The zero-order valence-electron chi connectivity index (χ0n) is 20.9. The first-order valence-electron chi connectivity index (χ1n) is 12.0. The molecule has 1 aromatic heterocycles. The second kappa shape index (κ2) is 13.6. The number of aryl methyl sites for hydroxylation is 2. The van der Waals surface area contributed by atoms with Crippen molar-refractivity contribution in [3.63, 3.8) is 0 Å². The van der Waals surface area contributed by atoms with Crippen molar-refractivity contribution in [3.05, 3.63) is 88.9 Å². The first kappa shape index (κ1) is 28.6. The molecule has 0 fully saturated rings. The Hall–Kier alpha value is -3.95. The van der Waals surface area contributed by atoms with Crippen molar-refractivity contribution < 1.29 is 19.1 Å². The van der Waals surface area contributed by atoms with Crippen molar-refractivity contribution in [3.8, 4) is 5.75 Å². The van der Waals surface area contributed by atoms with Crippen LogP contribution in [-0.2, 0) is 22.4 Å². The Labute approximate surface area is 231 Å². The van der Waals surface area contributed by atoms with Gasteiger partial charge in [-0.05, 0) is 43.2 Å². The number of fused-ring (bicyclic) bond motifs is 1. The largest absolute Gasteiger partial charge is 0.466 e. The molecule has 3 N–H and O–H groups in total. The summed E-state index contributed by atoms with van der Waals surface area (Å²) in [4.78, 5) is 31.1. The Balaban J connectivity index is 0.00000400. The summed E-state index contributed by atoms with van der Waals surface area (Å²) in [5.41, 5.74) is 8.76. The third-order valence-electron chi connectivity index (χ3n) is 5.63. The van der Waals surface area contributed by atoms with Crippen LogP contribution in [0.25, 0.3) is 10.2 Å². The lowest BCUT2D eigenvalue weighted by Gasteiger charge is -2.21. The van der Waals surface area contributed by atoms with Gasteiger partial charge in [-0.1, -0.05) is 42.5 Å². The Morgan fingerprint density at radius 2 is 1.76 bits per heavy atom. The van der Waals surface area contributed by atoms with E-state index in [1.54, 1.807) is 42.5 Å². The van der Waals surface area contributed by atoms with E-state index in [0.29, 0.717) is 17.0 Å². The summed E-state index contributed by atoms with van der Waals surface area (Å²) in [6.07, 6.45) is 1.05. The number of hydrogen-bond donors (Lipinski definition) is 2. The lowest BCUT2D eigenvalue weighted by molar-refractivity contribution is -0.142. The molecule has 198 valence electrons. The third kappa shape index (κ3) is 7.53. The molecule has 0 aliphatic rings. The number of amides is 1. The minimum absolute atomic E-state index is 0. The van der Waals surface area contributed by atoms with Crippen molar-refractivity contribution in [2.24, 2.45) is 5.73 Å². The highest BCUT2D eigenvalue weighted by Crippen LogP contribution is 2.28. The summed E-state index contributed by atoms with van der Waals surface area (Å²) in [6.45, 7) is 2.17. The quantitative estimate of drug-likeness (QED) is 0.147. The summed E-state index contributed by atoms with van der Waals surface area (Å²) in [6, 6.07) is 22.1. The van der Waals surface area contributed by atoms with Crippen LogP contribution in [0, 0.1) is 5.41 Å². The van der Waals surface area contributed by atoms with Gasteiger partial charge < -0.3 is 15.2 Å². The van der Waals surface area contributed by atoms with E-state index in [9.17, 15) is 9.59 Å². The molecule has 0 aliphatic heterocycles. The van der Waals surface area contributed by atoms with Crippen LogP contribution < -0.4 is 15.4 Å². The number of carbonyl (C=O) groups is 2. The number of nitrogens with zero attached hydrogens (tertiary/aromatic N) is 2. The van der Waals surface area contributed by atoms with Crippen molar-refractivity contribution in [2.75, 3.05) is 18.1 Å². The molecule has 38 heavy (non-hydrogen) atoms. The van der Waals surface area contributed by atoms with E-state index < -0.39 is 6.09 Å². The second-order valence-corrected chi connectivity index (χ2v) is 9.37. The minimum atomic E-state index is -0.584. The van der Waals surface area contributed by atoms with Crippen molar-refractivity contribution in [1.29, 1.82) is 5.41 Å². The van der Waals surface area contributed by atoms with E-state index >= 15 is 0 Å². The molecule has 4 aromatic rings. The normalized spacial score (nSPS) is 10.4. The van der Waals surface area contributed by atoms with Gasteiger partial charge in [0.2, 0.25) is 0 Å². The SMILES string of the molecule is CCOC(=O)CCN(C(=O)Oc1ccc2sc(CCc3ccc(C(=N)N)cc3)nc2c1)c1ccccc1.Cl. The van der Waals surface area contributed by atoms with Crippen molar-refractivity contribution in [1.82, 2.24) is 4.98 Å². The van der Waals surface area contributed by atoms with E-state index in [0.717, 1.165) is 33.6 Å². The Morgan fingerprint density at radius 3 is 2.45 bits per heavy atom. The standard InChI is InChI=1S/C28H28N4O4S.ClH/c1-2-35-26(33)16-17-32(21-6-4-3-5-7-21)28(34)36-22-13-14-24-23(18-22)31-25(37-24)15-10-19-8-11-20(12-9-19)27(29)30;/h3-9,11-14,18H,2,10,15-17H2,1H3,(H3,29,30);1H. The average molecular weight is 553 g/mol. The van der Waals surface area contributed by atoms with Crippen LogP contribution in [0.3, 0.4) is 0 Å². The number of esters is 1. The van der Waals surface area contributed by atoms with Gasteiger partial charge in [0, 0.05) is 30.3 Å². The van der Waals surface area contributed by atoms with Gasteiger partial charge in [-0.15, -0.1) is 23.7 Å². The third-order valence-corrected chi connectivity index (χ3v) is 6.73. The highest BCUT2D eigenvalue weighted by Gasteiger charge is 2.20. The van der Waals surface area contributed by atoms with Crippen LogP contribution in [0.4, 0.5) is 10.5 Å². The van der Waals surface area contributed by atoms with E-state index in [1.165, 1.54) is 4.90 Å². The molecule has 8 nitrogen and oxygen atoms in total. The van der Waals surface area contributed by atoms with Crippen LogP contribution in [0.1, 0.15) is 29.5 Å². The molecule has 10 heteroatoms. The van der Waals surface area contributed by atoms with Gasteiger partial charge in [-0.3, -0.25) is 15.1 Å². The zero-order chi connectivity index (χ0) is 26.2. The molecule has 0 aliphatic carbocycles. The number of amidine groups is 1. The molecular formula is C28H29ClN4O4S. The summed E-state index contributed by atoms with van der Waals surface area (Å²) in [5.74, 6) is 0.0637. The van der Waals surface area contributed by atoms with Gasteiger partial charge >= 0.3 is 12.1 Å². The Kier molecular flexibility index (Phi) is 10.2. The smallest absolute Gasteiger partial charge is 0.419 e. The molecule has 0 unspecified atom stereocenters. The maximum Gasteiger partial charge on any atom is 0.419 e. The molecule has 1 amide bonds. The molecule has 4 rings (SSSR count). The van der Waals surface area contributed by atoms with Gasteiger partial charge in [0.05, 0.1) is 28.3 Å². The number of anilines is 1. The molecule has 0 atom stereocenters. The van der Waals surface area contributed by atoms with Crippen molar-refractivity contribution >= 4 is 57.5 Å². The van der Waals surface area contributed by atoms with Crippen LogP contribution in [0.5, 0.6) is 5.75 Å². The number of halogens is 1. The van der Waals surface area contributed by atoms with E-state index in [-0.39, 0.29) is 43.8 Å². The summed E-state index contributed by atoms with van der Waals surface area (Å²) in [7, 11) is 0. The lowest BCUT2D eigenvalue weighted by atomic mass is 10.1. The number of hydrogen-bond acceptors (Lipinski definition) is 7. The van der Waals surface area contributed by atoms with Crippen LogP contribution in [0.2, 0.25) is 0 Å². The second-order valence-electron chi connectivity index (χ2n) is 8.26. The fraction of sp³-hybridized carbons (Fsp3) is 0.214. The predicted molar refractivity (Wildman–Crippen MR) is 153 cm³/mol. The maximum atomic E-state index is 13.1. The fourth-order valence-corrected chi connectivity index (χ4v) is 4.70. The summed E-state index contributed by atoms with van der Waals surface area (Å²) in [5, 5.41) is 8.48. The van der Waals surface area contributed by atoms with Gasteiger partial charge in [-0.2, -0.15) is 0 Å². The average Bonchev–Trinajstić information content (AvgIpc) is 3.31. The number of thiazole rings is 1. The Bertz CT molecular complexity index is 1390. The summed E-state index contributed by atoms with van der Waals surface area (Å²) < 4.78 is 11.7. The van der Waals surface area contributed by atoms with Crippen LogP contribution in [-0.4, -0.2) is 36.0 Å². The number of benzene rings is 3. The van der Waals surface area contributed by atoms with E-state index in [4.69, 9.17) is 25.6 Å². The number of para-hydroxylation sites is 1. The highest BCUT2D eigenvalue weighted by atomic mass is 35.5. The molecule has 1 heterocycles. The summed E-state index contributed by atoms with van der Waals surface area (Å²) >= 11 is 1.60.